The molecule has 0 radical (unpaired) electrons. The minimum Gasteiger partial charge on any atom is -0.330 e. The van der Waals surface area contributed by atoms with Crippen molar-refractivity contribution in [2.75, 3.05) is 13.1 Å². The van der Waals surface area contributed by atoms with Crippen LogP contribution in [0, 0.1) is 5.92 Å². The van der Waals surface area contributed by atoms with Gasteiger partial charge < -0.3 is 4.57 Å². The second-order valence-corrected chi connectivity index (χ2v) is 4.95. The maximum atomic E-state index is 12.4. The summed E-state index contributed by atoms with van der Waals surface area (Å²) >= 11 is 5.14. The van der Waals surface area contributed by atoms with E-state index in [-0.39, 0.29) is 11.7 Å². The first-order chi connectivity index (χ1) is 10.0. The van der Waals surface area contributed by atoms with Crippen LogP contribution >= 0.6 is 12.2 Å². The van der Waals surface area contributed by atoms with E-state index in [1.54, 1.807) is 20.0 Å². The monoisotopic (exact) mass is 308 g/mol. The number of thiocarbonyl (C=S) groups is 1. The van der Waals surface area contributed by atoms with Gasteiger partial charge in [0.15, 0.2) is 16.8 Å². The van der Waals surface area contributed by atoms with Gasteiger partial charge in [-0.15, -0.1) is 0 Å². The van der Waals surface area contributed by atoms with Crippen LogP contribution in [0.3, 0.4) is 0 Å². The third-order valence-corrected chi connectivity index (χ3v) is 3.78. The second kappa shape index (κ2) is 6.13. The normalized spacial score (nSPS) is 16.8. The quantitative estimate of drug-likeness (QED) is 0.568. The number of nitrogens with zero attached hydrogens (tertiary/aromatic N) is 4. The molecule has 1 aromatic rings. The van der Waals surface area contributed by atoms with E-state index in [1.807, 2.05) is 0 Å². The lowest BCUT2D eigenvalue weighted by atomic mass is 9.98. The minimum absolute atomic E-state index is 0.0655. The van der Waals surface area contributed by atoms with E-state index < -0.39 is 23.5 Å². The summed E-state index contributed by atoms with van der Waals surface area (Å²) in [7, 11) is 0. The number of carbonyl (C=O) groups is 3. The van der Waals surface area contributed by atoms with E-state index in [0.717, 1.165) is 0 Å². The van der Waals surface area contributed by atoms with Gasteiger partial charge in [-0.3, -0.25) is 24.2 Å². The average Bonchev–Trinajstić information content (AvgIpc) is 2.92. The molecule has 112 valence electrons. The van der Waals surface area contributed by atoms with Crippen LogP contribution in [-0.4, -0.2) is 55.2 Å². The fourth-order valence-corrected chi connectivity index (χ4v) is 2.70. The molecule has 0 N–H and O–H groups in total. The number of ketones is 1. The molecule has 2 amide bonds. The molecule has 0 aromatic carbocycles. The molecule has 1 fully saturated rings. The smallest absolute Gasteiger partial charge is 0.249 e. The molecule has 1 aromatic heterocycles. The van der Waals surface area contributed by atoms with E-state index in [0.29, 0.717) is 13.1 Å². The van der Waals surface area contributed by atoms with Crippen molar-refractivity contribution in [3.8, 4) is 0 Å². The predicted octanol–water partition coefficient (Wildman–Crippen LogP) is 0.0639. The number of rotatable bonds is 5. The number of imidazole rings is 1. The first-order valence-electron chi connectivity index (χ1n) is 6.66. The zero-order valence-electron chi connectivity index (χ0n) is 11.9. The molecule has 2 heterocycles. The van der Waals surface area contributed by atoms with Gasteiger partial charge in [0.2, 0.25) is 11.8 Å². The Bertz CT molecular complexity index is 558. The lowest BCUT2D eigenvalue weighted by Gasteiger charge is -2.37. The van der Waals surface area contributed by atoms with Gasteiger partial charge in [0.25, 0.3) is 0 Å². The first kappa shape index (κ1) is 15.3. The van der Waals surface area contributed by atoms with Gasteiger partial charge >= 0.3 is 0 Å². The highest BCUT2D eigenvalue weighted by molar-refractivity contribution is 7.80. The van der Waals surface area contributed by atoms with Crippen LogP contribution in [0.15, 0.2) is 18.7 Å². The lowest BCUT2D eigenvalue weighted by Crippen LogP contribution is -2.61. The van der Waals surface area contributed by atoms with Crippen molar-refractivity contribution in [1.82, 2.24) is 19.4 Å². The van der Waals surface area contributed by atoms with Crippen molar-refractivity contribution in [3.63, 3.8) is 0 Å². The molecule has 0 atom stereocenters. The number of amides is 2. The van der Waals surface area contributed by atoms with Crippen LogP contribution in [0.1, 0.15) is 13.8 Å². The molecule has 7 nitrogen and oxygen atoms in total. The summed E-state index contributed by atoms with van der Waals surface area (Å²) in [5.41, 5.74) is 0. The Kier molecular flexibility index (Phi) is 4.46. The standard InChI is InChI=1S/C13H16N4O3S/c1-3-16-11(19)10(12(20)17(4-2)13(16)21)9(18)7-15-6-5-14-8-15/h5-6,8,10H,3-4,7H2,1-2H3. The SMILES string of the molecule is CCN1C(=O)C(C(=O)Cn2ccnc2)C(=O)N(CC)C1=S. The van der Waals surface area contributed by atoms with Crippen LogP contribution in [0.2, 0.25) is 0 Å². The molecule has 0 saturated carbocycles. The Balaban J connectivity index is 2.27. The van der Waals surface area contributed by atoms with Crippen molar-refractivity contribution in [2.24, 2.45) is 5.92 Å². The van der Waals surface area contributed by atoms with Crippen molar-refractivity contribution in [2.45, 2.75) is 20.4 Å². The third kappa shape index (κ3) is 2.71. The van der Waals surface area contributed by atoms with Crippen molar-refractivity contribution in [1.29, 1.82) is 0 Å². The maximum absolute atomic E-state index is 12.4. The number of hydrogen-bond donors (Lipinski definition) is 0. The lowest BCUT2D eigenvalue weighted by molar-refractivity contribution is -0.151. The van der Waals surface area contributed by atoms with Crippen molar-refractivity contribution >= 4 is 34.9 Å². The highest BCUT2D eigenvalue weighted by Gasteiger charge is 2.46. The molecule has 0 bridgehead atoms. The van der Waals surface area contributed by atoms with Crippen LogP contribution in [-0.2, 0) is 20.9 Å². The van der Waals surface area contributed by atoms with Gasteiger partial charge in [-0.05, 0) is 26.1 Å². The number of hydrogen-bond acceptors (Lipinski definition) is 5. The van der Waals surface area contributed by atoms with Gasteiger partial charge in [-0.1, -0.05) is 0 Å². The van der Waals surface area contributed by atoms with Crippen LogP contribution in [0.25, 0.3) is 0 Å². The Morgan fingerprint density at radius 1 is 1.24 bits per heavy atom. The molecule has 8 heteroatoms. The molecular formula is C13H16N4O3S. The van der Waals surface area contributed by atoms with Gasteiger partial charge in [0, 0.05) is 25.5 Å². The summed E-state index contributed by atoms with van der Waals surface area (Å²) in [4.78, 5) is 43.5. The Labute approximate surface area is 127 Å². The topological polar surface area (TPSA) is 75.5 Å². The minimum atomic E-state index is -1.32. The van der Waals surface area contributed by atoms with Crippen molar-refractivity contribution in [3.05, 3.63) is 18.7 Å². The molecule has 0 spiro atoms. The van der Waals surface area contributed by atoms with Gasteiger partial charge in [0.05, 0.1) is 12.9 Å². The molecule has 2 rings (SSSR count). The highest BCUT2D eigenvalue weighted by atomic mass is 32.1. The van der Waals surface area contributed by atoms with E-state index in [4.69, 9.17) is 12.2 Å². The first-order valence-corrected chi connectivity index (χ1v) is 7.07. The summed E-state index contributed by atoms with van der Waals surface area (Å²) in [5, 5.41) is 0.168. The van der Waals surface area contributed by atoms with Crippen LogP contribution < -0.4 is 0 Å². The average molecular weight is 308 g/mol. The largest absolute Gasteiger partial charge is 0.330 e. The predicted molar refractivity (Wildman–Crippen MR) is 78.1 cm³/mol. The molecule has 21 heavy (non-hydrogen) atoms. The van der Waals surface area contributed by atoms with Gasteiger partial charge in [-0.25, -0.2) is 4.98 Å². The maximum Gasteiger partial charge on any atom is 0.249 e. The summed E-state index contributed by atoms with van der Waals surface area (Å²) < 4.78 is 1.53. The number of carbonyl (C=O) groups excluding carboxylic acids is 3. The molecule has 1 saturated heterocycles. The molecular weight excluding hydrogens is 292 g/mol. The summed E-state index contributed by atoms with van der Waals surface area (Å²) in [6.07, 6.45) is 4.61. The summed E-state index contributed by atoms with van der Waals surface area (Å²) in [6, 6.07) is 0. The molecule has 1 aliphatic rings. The Morgan fingerprint density at radius 2 is 1.81 bits per heavy atom. The highest BCUT2D eigenvalue weighted by Crippen LogP contribution is 2.19. The fraction of sp³-hybridized carbons (Fsp3) is 0.462. The van der Waals surface area contributed by atoms with E-state index in [9.17, 15) is 14.4 Å². The van der Waals surface area contributed by atoms with Crippen molar-refractivity contribution < 1.29 is 14.4 Å². The van der Waals surface area contributed by atoms with E-state index >= 15 is 0 Å². The van der Waals surface area contributed by atoms with Crippen LogP contribution in [0.5, 0.6) is 0 Å². The van der Waals surface area contributed by atoms with Gasteiger partial charge in [0.1, 0.15) is 0 Å². The summed E-state index contributed by atoms with van der Waals surface area (Å²) in [5.74, 6) is -2.86. The third-order valence-electron chi connectivity index (χ3n) is 3.34. The molecule has 0 aliphatic carbocycles. The van der Waals surface area contributed by atoms with Crippen LogP contribution in [0.4, 0.5) is 0 Å². The van der Waals surface area contributed by atoms with E-state index in [2.05, 4.69) is 4.98 Å². The summed E-state index contributed by atoms with van der Waals surface area (Å²) in [6.45, 7) is 4.10. The Hall–Kier alpha value is -2.09. The molecule has 1 aliphatic heterocycles. The zero-order chi connectivity index (χ0) is 15.6. The fourth-order valence-electron chi connectivity index (χ4n) is 2.26. The zero-order valence-corrected chi connectivity index (χ0v) is 12.7. The second-order valence-electron chi connectivity index (χ2n) is 4.58. The molecule has 0 unspecified atom stereocenters. The van der Waals surface area contributed by atoms with Gasteiger partial charge in [-0.2, -0.15) is 0 Å². The number of aromatic nitrogens is 2. The van der Waals surface area contributed by atoms with E-state index in [1.165, 1.54) is 26.9 Å². The number of Topliss-reactive ketones (excluding diaryl/α,β-unsaturated/α-hetero) is 1. The Morgan fingerprint density at radius 3 is 2.24 bits per heavy atom.